The zero-order valence-electron chi connectivity index (χ0n) is 8.16. The summed E-state index contributed by atoms with van der Waals surface area (Å²) in [6.45, 7) is 4.14. The number of fused-ring (bicyclic) bond motifs is 1. The topological polar surface area (TPSA) is 17.8 Å². The van der Waals surface area contributed by atoms with Crippen molar-refractivity contribution < 1.29 is 0 Å². The fourth-order valence-corrected chi connectivity index (χ4v) is 1.75. The molecular formula is C10H10BClN2. The highest BCUT2D eigenvalue weighted by atomic mass is 35.5. The Morgan fingerprint density at radius 2 is 2.14 bits per heavy atom. The number of benzene rings is 1. The highest BCUT2D eigenvalue weighted by molar-refractivity contribution is 6.37. The van der Waals surface area contributed by atoms with Crippen molar-refractivity contribution in [2.75, 3.05) is 0 Å². The predicted octanol–water partition coefficient (Wildman–Crippen LogP) is 2.06. The maximum Gasteiger partial charge on any atom is 0.158 e. The average molecular weight is 204 g/mol. The third kappa shape index (κ3) is 1.42. The number of aromatic nitrogens is 2. The summed E-state index contributed by atoms with van der Waals surface area (Å²) >= 11 is 6.01. The maximum absolute atomic E-state index is 6.01. The Morgan fingerprint density at radius 1 is 1.43 bits per heavy atom. The lowest BCUT2D eigenvalue weighted by Gasteiger charge is -2.06. The van der Waals surface area contributed by atoms with E-state index in [4.69, 9.17) is 19.4 Å². The lowest BCUT2D eigenvalue weighted by molar-refractivity contribution is 0.551. The van der Waals surface area contributed by atoms with Gasteiger partial charge in [-0.2, -0.15) is 5.10 Å². The molecule has 70 valence electrons. The first-order chi connectivity index (χ1) is 6.59. The van der Waals surface area contributed by atoms with Crippen molar-refractivity contribution in [1.82, 2.24) is 9.78 Å². The molecule has 2 aromatic rings. The first kappa shape index (κ1) is 9.59. The van der Waals surface area contributed by atoms with Crippen molar-refractivity contribution in [3.63, 3.8) is 0 Å². The van der Waals surface area contributed by atoms with Crippen LogP contribution in [0.4, 0.5) is 0 Å². The molecule has 1 aromatic heterocycles. The quantitative estimate of drug-likeness (QED) is 0.650. The third-order valence-electron chi connectivity index (χ3n) is 2.17. The van der Waals surface area contributed by atoms with Crippen LogP contribution < -0.4 is 5.46 Å². The van der Waals surface area contributed by atoms with Gasteiger partial charge in [-0.1, -0.05) is 29.2 Å². The van der Waals surface area contributed by atoms with E-state index in [0.29, 0.717) is 16.7 Å². The highest BCUT2D eigenvalue weighted by Crippen LogP contribution is 2.23. The molecule has 0 aliphatic heterocycles. The van der Waals surface area contributed by atoms with E-state index in [9.17, 15) is 0 Å². The molecule has 0 spiro atoms. The summed E-state index contributed by atoms with van der Waals surface area (Å²) in [6, 6.07) is 5.96. The van der Waals surface area contributed by atoms with Gasteiger partial charge in [0.25, 0.3) is 0 Å². The van der Waals surface area contributed by atoms with E-state index < -0.39 is 0 Å². The summed E-state index contributed by atoms with van der Waals surface area (Å²) in [7, 11) is 5.68. The Kier molecular flexibility index (Phi) is 2.27. The molecule has 0 fully saturated rings. The molecule has 0 unspecified atom stereocenters. The maximum atomic E-state index is 6.01. The summed E-state index contributed by atoms with van der Waals surface area (Å²) in [6.07, 6.45) is 0. The fourth-order valence-electron chi connectivity index (χ4n) is 1.51. The molecule has 2 radical (unpaired) electrons. The van der Waals surface area contributed by atoms with Crippen LogP contribution in [0.2, 0.25) is 5.15 Å². The number of hydrogen-bond donors (Lipinski definition) is 0. The van der Waals surface area contributed by atoms with Crippen LogP contribution in [0, 0.1) is 0 Å². The van der Waals surface area contributed by atoms with Gasteiger partial charge in [-0.25, -0.2) is 0 Å². The van der Waals surface area contributed by atoms with E-state index >= 15 is 0 Å². The largest absolute Gasteiger partial charge is 0.261 e. The monoisotopic (exact) mass is 204 g/mol. The van der Waals surface area contributed by atoms with Gasteiger partial charge in [0.1, 0.15) is 7.85 Å². The summed E-state index contributed by atoms with van der Waals surface area (Å²) in [5.41, 5.74) is 1.74. The van der Waals surface area contributed by atoms with E-state index in [0.717, 1.165) is 10.9 Å². The highest BCUT2D eigenvalue weighted by Gasteiger charge is 2.10. The number of rotatable bonds is 1. The minimum Gasteiger partial charge on any atom is -0.261 e. The minimum absolute atomic E-state index is 0.300. The fraction of sp³-hybridized carbons (Fsp3) is 0.300. The molecule has 14 heavy (non-hydrogen) atoms. The second kappa shape index (κ2) is 3.32. The van der Waals surface area contributed by atoms with Gasteiger partial charge in [-0.05, 0) is 19.9 Å². The summed E-state index contributed by atoms with van der Waals surface area (Å²) in [4.78, 5) is 0. The average Bonchev–Trinajstić information content (AvgIpc) is 2.44. The van der Waals surface area contributed by atoms with Crippen molar-refractivity contribution in [3.8, 4) is 0 Å². The van der Waals surface area contributed by atoms with Crippen molar-refractivity contribution in [2.45, 2.75) is 19.9 Å². The summed E-state index contributed by atoms with van der Waals surface area (Å²) < 4.78 is 1.90. The molecule has 0 bridgehead atoms. The van der Waals surface area contributed by atoms with E-state index in [1.165, 1.54) is 0 Å². The first-order valence-electron chi connectivity index (χ1n) is 4.53. The molecule has 0 aliphatic carbocycles. The molecule has 2 rings (SSSR count). The smallest absolute Gasteiger partial charge is 0.158 e. The van der Waals surface area contributed by atoms with E-state index in [1.54, 1.807) is 0 Å². The van der Waals surface area contributed by atoms with Gasteiger partial charge in [0.2, 0.25) is 0 Å². The van der Waals surface area contributed by atoms with Gasteiger partial charge in [-0.15, -0.1) is 0 Å². The predicted molar refractivity (Wildman–Crippen MR) is 60.5 cm³/mol. The zero-order chi connectivity index (χ0) is 10.3. The Labute approximate surface area is 89.3 Å². The molecule has 1 aromatic carbocycles. The lowest BCUT2D eigenvalue weighted by atomic mass is 9.95. The van der Waals surface area contributed by atoms with Crippen LogP contribution >= 0.6 is 11.6 Å². The van der Waals surface area contributed by atoms with E-state index in [1.807, 2.05) is 22.9 Å². The van der Waals surface area contributed by atoms with Crippen LogP contribution in [0.25, 0.3) is 10.9 Å². The van der Waals surface area contributed by atoms with Crippen molar-refractivity contribution >= 4 is 35.8 Å². The molecule has 0 N–H and O–H groups in total. The van der Waals surface area contributed by atoms with Gasteiger partial charge >= 0.3 is 0 Å². The number of nitrogens with zero attached hydrogens (tertiary/aromatic N) is 2. The van der Waals surface area contributed by atoms with Gasteiger partial charge in [0.15, 0.2) is 5.15 Å². The van der Waals surface area contributed by atoms with Crippen molar-refractivity contribution in [1.29, 1.82) is 0 Å². The van der Waals surface area contributed by atoms with Gasteiger partial charge in [0.05, 0.1) is 5.52 Å². The molecule has 0 saturated carbocycles. The van der Waals surface area contributed by atoms with E-state index in [-0.39, 0.29) is 0 Å². The van der Waals surface area contributed by atoms with Crippen LogP contribution in [0.1, 0.15) is 19.9 Å². The van der Waals surface area contributed by atoms with Crippen molar-refractivity contribution in [3.05, 3.63) is 23.4 Å². The Balaban J connectivity index is 2.77. The molecule has 0 atom stereocenters. The van der Waals surface area contributed by atoms with Crippen LogP contribution in [-0.2, 0) is 0 Å². The number of halogens is 1. The standard InChI is InChI=1S/C10H10BClN2/c1-6(2)14-9-4-3-7(11)5-8(9)10(12)13-14/h3-6H,1-2H3. The molecule has 1 heterocycles. The van der Waals surface area contributed by atoms with E-state index in [2.05, 4.69) is 18.9 Å². The third-order valence-corrected chi connectivity index (χ3v) is 2.45. The lowest BCUT2D eigenvalue weighted by Crippen LogP contribution is -2.04. The van der Waals surface area contributed by atoms with Crippen LogP contribution in [0.15, 0.2) is 18.2 Å². The SMILES string of the molecule is [B]c1ccc2c(c1)c(Cl)nn2C(C)C. The van der Waals surface area contributed by atoms with Gasteiger partial charge in [0, 0.05) is 11.4 Å². The normalized spacial score (nSPS) is 11.4. The van der Waals surface area contributed by atoms with Gasteiger partial charge < -0.3 is 0 Å². The molecule has 4 heteroatoms. The van der Waals surface area contributed by atoms with Crippen LogP contribution in [-0.4, -0.2) is 17.6 Å². The van der Waals surface area contributed by atoms with Crippen LogP contribution in [0.5, 0.6) is 0 Å². The number of hydrogen-bond acceptors (Lipinski definition) is 1. The zero-order valence-corrected chi connectivity index (χ0v) is 8.92. The Hall–Kier alpha value is -0.955. The molecule has 0 amide bonds. The Morgan fingerprint density at radius 3 is 2.79 bits per heavy atom. The summed E-state index contributed by atoms with van der Waals surface area (Å²) in [5.74, 6) is 0. The van der Waals surface area contributed by atoms with Crippen LogP contribution in [0.3, 0.4) is 0 Å². The second-order valence-electron chi connectivity index (χ2n) is 3.61. The molecule has 2 nitrogen and oxygen atoms in total. The minimum atomic E-state index is 0.300. The Bertz CT molecular complexity index is 476. The molecule has 0 aliphatic rings. The van der Waals surface area contributed by atoms with Gasteiger partial charge in [-0.3, -0.25) is 4.68 Å². The molecular weight excluding hydrogens is 194 g/mol. The molecule has 0 saturated heterocycles. The second-order valence-corrected chi connectivity index (χ2v) is 3.96. The first-order valence-corrected chi connectivity index (χ1v) is 4.90. The summed E-state index contributed by atoms with van der Waals surface area (Å²) in [5, 5.41) is 5.69. The van der Waals surface area contributed by atoms with Crippen molar-refractivity contribution in [2.24, 2.45) is 0 Å².